The maximum atomic E-state index is 12.7. The molecule has 0 bridgehead atoms. The minimum atomic E-state index is -0.799. The van der Waals surface area contributed by atoms with Crippen molar-refractivity contribution < 1.29 is 19.1 Å². The molecule has 0 aromatic rings. The average molecular weight is 296 g/mol. The number of nitrogens with one attached hydrogen (secondary N) is 1. The summed E-state index contributed by atoms with van der Waals surface area (Å²) in [7, 11) is 0. The number of ether oxygens (including phenoxy) is 2. The van der Waals surface area contributed by atoms with Gasteiger partial charge < -0.3 is 19.7 Å². The van der Waals surface area contributed by atoms with Crippen molar-refractivity contribution in [2.45, 2.75) is 51.4 Å². The smallest absolute Gasteiger partial charge is 0.238 e. The minimum absolute atomic E-state index is 0.0199. The van der Waals surface area contributed by atoms with Crippen LogP contribution in [0, 0.1) is 5.41 Å². The number of nitrogens with zero attached hydrogens (tertiary/aromatic N) is 1. The van der Waals surface area contributed by atoms with E-state index in [9.17, 15) is 9.59 Å². The number of piperidine rings is 1. The predicted octanol–water partition coefficient (Wildman–Crippen LogP) is 0.657. The highest BCUT2D eigenvalue weighted by Crippen LogP contribution is 2.48. The molecule has 1 aliphatic carbocycles. The Kier molecular flexibility index (Phi) is 3.69. The van der Waals surface area contributed by atoms with Crippen LogP contribution >= 0.6 is 0 Å². The van der Waals surface area contributed by atoms with E-state index >= 15 is 0 Å². The Hall–Kier alpha value is -1.14. The number of carbonyl (C=O) groups excluding carboxylic acids is 2. The van der Waals surface area contributed by atoms with Gasteiger partial charge in [0.25, 0.3) is 0 Å². The van der Waals surface area contributed by atoms with Gasteiger partial charge >= 0.3 is 0 Å². The van der Waals surface area contributed by atoms with Crippen LogP contribution in [0.25, 0.3) is 0 Å². The lowest BCUT2D eigenvalue weighted by Crippen LogP contribution is -2.52. The van der Waals surface area contributed by atoms with Gasteiger partial charge in [0, 0.05) is 32.0 Å². The molecule has 1 saturated carbocycles. The lowest BCUT2D eigenvalue weighted by atomic mass is 9.98. The van der Waals surface area contributed by atoms with Gasteiger partial charge in [0.1, 0.15) is 5.41 Å². The van der Waals surface area contributed by atoms with E-state index in [0.29, 0.717) is 52.0 Å². The van der Waals surface area contributed by atoms with Crippen molar-refractivity contribution in [1.29, 1.82) is 0 Å². The first-order valence-corrected chi connectivity index (χ1v) is 7.86. The van der Waals surface area contributed by atoms with E-state index in [1.807, 2.05) is 18.7 Å². The lowest BCUT2D eigenvalue weighted by molar-refractivity contribution is -0.188. The second-order valence-corrected chi connectivity index (χ2v) is 6.61. The van der Waals surface area contributed by atoms with Gasteiger partial charge in [-0.15, -0.1) is 0 Å². The zero-order valence-electron chi connectivity index (χ0n) is 12.8. The van der Waals surface area contributed by atoms with Gasteiger partial charge in [-0.05, 0) is 26.7 Å². The third kappa shape index (κ3) is 2.66. The van der Waals surface area contributed by atoms with Crippen molar-refractivity contribution in [3.63, 3.8) is 0 Å². The summed E-state index contributed by atoms with van der Waals surface area (Å²) in [5.74, 6) is -0.613. The SMILES string of the molecule is CC(C)NC(=O)C1(C(=O)N2CCC3(CC2)OCCO3)CC1. The Balaban J connectivity index is 1.60. The summed E-state index contributed by atoms with van der Waals surface area (Å²) in [6.45, 7) is 6.31. The van der Waals surface area contributed by atoms with Crippen LogP contribution in [0.1, 0.15) is 39.5 Å². The highest BCUT2D eigenvalue weighted by molar-refractivity contribution is 6.07. The van der Waals surface area contributed by atoms with Crippen molar-refractivity contribution in [3.05, 3.63) is 0 Å². The Morgan fingerprint density at radius 2 is 1.62 bits per heavy atom. The Morgan fingerprint density at radius 1 is 1.05 bits per heavy atom. The Bertz CT molecular complexity index is 429. The maximum absolute atomic E-state index is 12.7. The van der Waals surface area contributed by atoms with E-state index in [-0.39, 0.29) is 17.9 Å². The molecule has 2 aliphatic heterocycles. The summed E-state index contributed by atoms with van der Waals surface area (Å²) >= 11 is 0. The number of rotatable bonds is 3. The predicted molar refractivity (Wildman–Crippen MR) is 75.4 cm³/mol. The number of hydrogen-bond acceptors (Lipinski definition) is 4. The molecule has 1 N–H and O–H groups in total. The first-order valence-electron chi connectivity index (χ1n) is 7.86. The third-order valence-corrected chi connectivity index (χ3v) is 4.64. The molecule has 2 amide bonds. The van der Waals surface area contributed by atoms with Gasteiger partial charge in [0.15, 0.2) is 5.79 Å². The summed E-state index contributed by atoms with van der Waals surface area (Å²) in [5, 5.41) is 2.88. The second-order valence-electron chi connectivity index (χ2n) is 6.61. The molecule has 6 heteroatoms. The quantitative estimate of drug-likeness (QED) is 0.777. The zero-order valence-corrected chi connectivity index (χ0v) is 12.8. The van der Waals surface area contributed by atoms with Crippen molar-refractivity contribution >= 4 is 11.8 Å². The number of amides is 2. The lowest BCUT2D eigenvalue weighted by Gasteiger charge is -2.38. The summed E-state index contributed by atoms with van der Waals surface area (Å²) in [6.07, 6.45) is 2.72. The van der Waals surface area contributed by atoms with E-state index in [2.05, 4.69) is 5.32 Å². The van der Waals surface area contributed by atoms with E-state index in [0.717, 1.165) is 0 Å². The Labute approximate surface area is 125 Å². The molecule has 0 aromatic heterocycles. The molecule has 0 atom stereocenters. The van der Waals surface area contributed by atoms with Crippen LogP contribution in [0.3, 0.4) is 0 Å². The number of likely N-dealkylation sites (tertiary alicyclic amines) is 1. The molecular formula is C15H24N2O4. The van der Waals surface area contributed by atoms with Crippen molar-refractivity contribution in [1.82, 2.24) is 10.2 Å². The minimum Gasteiger partial charge on any atom is -0.353 e. The van der Waals surface area contributed by atoms with E-state index in [1.54, 1.807) is 0 Å². The van der Waals surface area contributed by atoms with Crippen LogP contribution in [0.15, 0.2) is 0 Å². The molecular weight excluding hydrogens is 272 g/mol. The van der Waals surface area contributed by atoms with E-state index in [1.165, 1.54) is 0 Å². The summed E-state index contributed by atoms with van der Waals surface area (Å²) in [5.41, 5.74) is -0.799. The largest absolute Gasteiger partial charge is 0.353 e. The fraction of sp³-hybridized carbons (Fsp3) is 0.867. The fourth-order valence-electron chi connectivity index (χ4n) is 3.20. The van der Waals surface area contributed by atoms with E-state index < -0.39 is 11.2 Å². The molecule has 0 radical (unpaired) electrons. The van der Waals surface area contributed by atoms with Crippen molar-refractivity contribution in [2.24, 2.45) is 5.41 Å². The Morgan fingerprint density at radius 3 is 2.10 bits per heavy atom. The summed E-state index contributed by atoms with van der Waals surface area (Å²) in [6, 6.07) is 0.0627. The zero-order chi connectivity index (χ0) is 15.1. The van der Waals surface area contributed by atoms with Crippen LogP contribution < -0.4 is 5.32 Å². The molecule has 3 aliphatic rings. The first kappa shape index (κ1) is 14.8. The summed E-state index contributed by atoms with van der Waals surface area (Å²) in [4.78, 5) is 26.8. The molecule has 2 saturated heterocycles. The molecule has 3 fully saturated rings. The van der Waals surface area contributed by atoms with Gasteiger partial charge in [-0.25, -0.2) is 0 Å². The van der Waals surface area contributed by atoms with Crippen LogP contribution in [0.5, 0.6) is 0 Å². The third-order valence-electron chi connectivity index (χ3n) is 4.64. The topological polar surface area (TPSA) is 67.9 Å². The highest BCUT2D eigenvalue weighted by Gasteiger charge is 2.58. The maximum Gasteiger partial charge on any atom is 0.238 e. The van der Waals surface area contributed by atoms with Crippen LogP contribution in [0.2, 0.25) is 0 Å². The van der Waals surface area contributed by atoms with E-state index in [4.69, 9.17) is 9.47 Å². The standard InChI is InChI=1S/C15H24N2O4/c1-11(2)16-12(18)14(3-4-14)13(19)17-7-5-15(6-8-17)20-9-10-21-15/h11H,3-10H2,1-2H3,(H,16,18). The fourth-order valence-corrected chi connectivity index (χ4v) is 3.20. The molecule has 2 heterocycles. The first-order chi connectivity index (χ1) is 9.97. The van der Waals surface area contributed by atoms with Gasteiger partial charge in [-0.2, -0.15) is 0 Å². The van der Waals surface area contributed by atoms with Crippen LogP contribution in [-0.4, -0.2) is 54.8 Å². The molecule has 0 aromatic carbocycles. The normalized spacial score (nSPS) is 26.1. The number of hydrogen-bond donors (Lipinski definition) is 1. The van der Waals surface area contributed by atoms with Crippen molar-refractivity contribution in [2.75, 3.05) is 26.3 Å². The molecule has 1 spiro atoms. The van der Waals surface area contributed by atoms with Crippen molar-refractivity contribution in [3.8, 4) is 0 Å². The second kappa shape index (κ2) is 5.25. The molecule has 6 nitrogen and oxygen atoms in total. The van der Waals surface area contributed by atoms with Gasteiger partial charge in [0.2, 0.25) is 11.8 Å². The monoisotopic (exact) mass is 296 g/mol. The van der Waals surface area contributed by atoms with Gasteiger partial charge in [-0.1, -0.05) is 0 Å². The molecule has 3 rings (SSSR count). The van der Waals surface area contributed by atoms with Gasteiger partial charge in [-0.3, -0.25) is 9.59 Å². The van der Waals surface area contributed by atoms with Gasteiger partial charge in [0.05, 0.1) is 13.2 Å². The van der Waals surface area contributed by atoms with Crippen LogP contribution in [0.4, 0.5) is 0 Å². The average Bonchev–Trinajstić information content (AvgIpc) is 3.15. The molecule has 0 unspecified atom stereocenters. The molecule has 21 heavy (non-hydrogen) atoms. The molecule has 118 valence electrons. The number of carbonyl (C=O) groups is 2. The van der Waals surface area contributed by atoms with Crippen LogP contribution in [-0.2, 0) is 19.1 Å². The highest BCUT2D eigenvalue weighted by atomic mass is 16.7. The summed E-state index contributed by atoms with van der Waals surface area (Å²) < 4.78 is 11.3.